The molecule has 1 aromatic carbocycles. The number of pyridine rings is 1. The van der Waals surface area contributed by atoms with Gasteiger partial charge in [0, 0.05) is 36.6 Å². The van der Waals surface area contributed by atoms with E-state index in [-0.39, 0.29) is 6.04 Å². The number of hydrogen-bond donors (Lipinski definition) is 1. The fourth-order valence-electron chi connectivity index (χ4n) is 1.77. The van der Waals surface area contributed by atoms with Crippen molar-refractivity contribution in [3.05, 3.63) is 58.3 Å². The molecule has 1 atom stereocenters. The van der Waals surface area contributed by atoms with Gasteiger partial charge in [-0.3, -0.25) is 4.98 Å². The van der Waals surface area contributed by atoms with Crippen LogP contribution >= 0.6 is 15.9 Å². The van der Waals surface area contributed by atoms with E-state index in [9.17, 15) is 0 Å². The van der Waals surface area contributed by atoms with Crippen LogP contribution in [0.5, 0.6) is 0 Å². The summed E-state index contributed by atoms with van der Waals surface area (Å²) >= 11 is 3.41. The van der Waals surface area contributed by atoms with Gasteiger partial charge in [0.25, 0.3) is 0 Å². The summed E-state index contributed by atoms with van der Waals surface area (Å²) in [6, 6.07) is 10.1. The van der Waals surface area contributed by atoms with Gasteiger partial charge in [0.1, 0.15) is 0 Å². The molecule has 0 bridgehead atoms. The molecule has 0 amide bonds. The lowest BCUT2D eigenvalue weighted by molar-refractivity contribution is 0.861. The maximum Gasteiger partial charge on any atom is 0.0567 e. The maximum atomic E-state index is 6.24. The van der Waals surface area contributed by atoms with Crippen molar-refractivity contribution in [2.45, 2.75) is 6.04 Å². The predicted octanol–water partition coefficient (Wildman–Crippen LogP) is 2.96. The molecule has 0 aliphatic rings. The lowest BCUT2D eigenvalue weighted by Gasteiger charge is -2.16. The van der Waals surface area contributed by atoms with Gasteiger partial charge in [0.15, 0.2) is 0 Å². The summed E-state index contributed by atoms with van der Waals surface area (Å²) in [6.07, 6.45) is 3.56. The van der Waals surface area contributed by atoms with Crippen LogP contribution in [-0.4, -0.2) is 19.1 Å². The second-order valence-corrected chi connectivity index (χ2v) is 5.32. The maximum absolute atomic E-state index is 6.24. The Morgan fingerprint density at radius 1 is 1.11 bits per heavy atom. The van der Waals surface area contributed by atoms with Gasteiger partial charge in [-0.05, 0) is 45.3 Å². The average Bonchev–Trinajstić information content (AvgIpc) is 2.38. The van der Waals surface area contributed by atoms with Crippen molar-refractivity contribution in [1.29, 1.82) is 0 Å². The highest BCUT2D eigenvalue weighted by Gasteiger charge is 2.09. The molecule has 4 heteroatoms. The monoisotopic (exact) mass is 305 g/mol. The Morgan fingerprint density at radius 2 is 1.78 bits per heavy atom. The van der Waals surface area contributed by atoms with E-state index in [1.54, 1.807) is 12.4 Å². The summed E-state index contributed by atoms with van der Waals surface area (Å²) in [4.78, 5) is 6.21. The van der Waals surface area contributed by atoms with Crippen molar-refractivity contribution in [3.8, 4) is 0 Å². The largest absolute Gasteiger partial charge is 0.378 e. The van der Waals surface area contributed by atoms with Crippen molar-refractivity contribution in [1.82, 2.24) is 4.98 Å². The molecule has 0 aliphatic heterocycles. The number of nitrogens with two attached hydrogens (primary N) is 1. The average molecular weight is 306 g/mol. The number of benzene rings is 1. The molecule has 0 fully saturated rings. The molecule has 2 N–H and O–H groups in total. The Kier molecular flexibility index (Phi) is 3.99. The van der Waals surface area contributed by atoms with Gasteiger partial charge in [-0.15, -0.1) is 0 Å². The third-order valence-corrected chi connectivity index (χ3v) is 3.29. The normalized spacial score (nSPS) is 12.2. The number of anilines is 1. The summed E-state index contributed by atoms with van der Waals surface area (Å²) < 4.78 is 0.945. The first-order valence-electron chi connectivity index (χ1n) is 5.71. The van der Waals surface area contributed by atoms with E-state index in [0.717, 1.165) is 15.6 Å². The van der Waals surface area contributed by atoms with Crippen LogP contribution in [0.4, 0.5) is 5.69 Å². The molecule has 0 saturated heterocycles. The lowest BCUT2D eigenvalue weighted by Crippen LogP contribution is -2.13. The van der Waals surface area contributed by atoms with Crippen LogP contribution in [0.2, 0.25) is 0 Å². The summed E-state index contributed by atoms with van der Waals surface area (Å²) in [7, 11) is 4.04. The molecule has 3 nitrogen and oxygen atoms in total. The highest BCUT2D eigenvalue weighted by molar-refractivity contribution is 9.10. The van der Waals surface area contributed by atoms with Gasteiger partial charge in [0.05, 0.1) is 6.04 Å². The minimum Gasteiger partial charge on any atom is -0.378 e. The smallest absolute Gasteiger partial charge is 0.0567 e. The van der Waals surface area contributed by atoms with Gasteiger partial charge in [-0.2, -0.15) is 0 Å². The minimum atomic E-state index is -0.147. The molecule has 0 spiro atoms. The highest BCUT2D eigenvalue weighted by Crippen LogP contribution is 2.23. The zero-order chi connectivity index (χ0) is 13.1. The van der Waals surface area contributed by atoms with Gasteiger partial charge in [-0.1, -0.05) is 12.1 Å². The Balaban J connectivity index is 2.26. The summed E-state index contributed by atoms with van der Waals surface area (Å²) in [5, 5.41) is 0. The Bertz CT molecular complexity index is 523. The molecule has 1 unspecified atom stereocenters. The van der Waals surface area contributed by atoms with E-state index in [0.29, 0.717) is 0 Å². The van der Waals surface area contributed by atoms with Crippen LogP contribution in [-0.2, 0) is 0 Å². The van der Waals surface area contributed by atoms with Crippen molar-refractivity contribution < 1.29 is 0 Å². The van der Waals surface area contributed by atoms with Crippen LogP contribution in [0.3, 0.4) is 0 Å². The van der Waals surface area contributed by atoms with Crippen molar-refractivity contribution >= 4 is 21.6 Å². The Morgan fingerprint density at radius 3 is 2.33 bits per heavy atom. The molecule has 2 rings (SSSR count). The molecule has 0 aliphatic carbocycles. The highest BCUT2D eigenvalue weighted by atomic mass is 79.9. The Labute approximate surface area is 116 Å². The fraction of sp³-hybridized carbons (Fsp3) is 0.214. The molecular weight excluding hydrogens is 290 g/mol. The second-order valence-electron chi connectivity index (χ2n) is 4.40. The molecule has 18 heavy (non-hydrogen) atoms. The van der Waals surface area contributed by atoms with Crippen LogP contribution in [0.15, 0.2) is 47.2 Å². The van der Waals surface area contributed by atoms with E-state index >= 15 is 0 Å². The number of aromatic nitrogens is 1. The SMILES string of the molecule is CN(C)c1ccc(C(N)c2cncc(Br)c2)cc1. The quantitative estimate of drug-likeness (QED) is 0.948. The molecule has 2 aromatic rings. The van der Waals surface area contributed by atoms with E-state index in [4.69, 9.17) is 5.73 Å². The van der Waals surface area contributed by atoms with Crippen LogP contribution in [0, 0.1) is 0 Å². The van der Waals surface area contributed by atoms with Gasteiger partial charge in [-0.25, -0.2) is 0 Å². The third-order valence-electron chi connectivity index (χ3n) is 2.85. The van der Waals surface area contributed by atoms with Crippen molar-refractivity contribution in [3.63, 3.8) is 0 Å². The summed E-state index contributed by atoms with van der Waals surface area (Å²) in [5.74, 6) is 0. The number of hydrogen-bond acceptors (Lipinski definition) is 3. The fourth-order valence-corrected chi connectivity index (χ4v) is 2.15. The van der Waals surface area contributed by atoms with Crippen LogP contribution in [0.25, 0.3) is 0 Å². The first-order valence-corrected chi connectivity index (χ1v) is 6.50. The topological polar surface area (TPSA) is 42.1 Å². The summed E-state index contributed by atoms with van der Waals surface area (Å²) in [6.45, 7) is 0. The van der Waals surface area contributed by atoms with Crippen molar-refractivity contribution in [2.24, 2.45) is 5.73 Å². The van der Waals surface area contributed by atoms with Crippen LogP contribution in [0.1, 0.15) is 17.2 Å². The lowest BCUT2D eigenvalue weighted by atomic mass is 10.0. The van der Waals surface area contributed by atoms with E-state index < -0.39 is 0 Å². The number of rotatable bonds is 3. The molecule has 1 heterocycles. The van der Waals surface area contributed by atoms with E-state index in [1.165, 1.54) is 5.69 Å². The number of halogens is 1. The molecule has 0 saturated carbocycles. The molecule has 1 aromatic heterocycles. The molecule has 94 valence electrons. The zero-order valence-electron chi connectivity index (χ0n) is 10.5. The second kappa shape index (κ2) is 5.50. The predicted molar refractivity (Wildman–Crippen MR) is 78.7 cm³/mol. The van der Waals surface area contributed by atoms with Crippen molar-refractivity contribution in [2.75, 3.05) is 19.0 Å². The van der Waals surface area contributed by atoms with Gasteiger partial charge < -0.3 is 10.6 Å². The number of nitrogens with zero attached hydrogens (tertiary/aromatic N) is 2. The first-order chi connectivity index (χ1) is 8.58. The molecule has 0 radical (unpaired) electrons. The van der Waals surface area contributed by atoms with E-state index in [1.807, 2.05) is 20.2 Å². The standard InChI is InChI=1S/C14H16BrN3/c1-18(2)13-5-3-10(4-6-13)14(16)11-7-12(15)9-17-8-11/h3-9,14H,16H2,1-2H3. The van der Waals surface area contributed by atoms with Gasteiger partial charge >= 0.3 is 0 Å². The third kappa shape index (κ3) is 2.89. The Hall–Kier alpha value is -1.39. The molecular formula is C14H16BrN3. The van der Waals surface area contributed by atoms with Crippen LogP contribution < -0.4 is 10.6 Å². The van der Waals surface area contributed by atoms with Gasteiger partial charge in [0.2, 0.25) is 0 Å². The first kappa shape index (κ1) is 13.1. The zero-order valence-corrected chi connectivity index (χ0v) is 12.1. The van der Waals surface area contributed by atoms with E-state index in [2.05, 4.69) is 50.1 Å². The minimum absolute atomic E-state index is 0.147. The summed E-state index contributed by atoms with van der Waals surface area (Å²) in [5.41, 5.74) is 9.49.